The number of ether oxygens (including phenoxy) is 1. The smallest absolute Gasteiger partial charge is 0.255 e. The molecule has 7 heteroatoms. The fourth-order valence-electron chi connectivity index (χ4n) is 4.27. The van der Waals surface area contributed by atoms with Gasteiger partial charge in [-0.3, -0.25) is 9.69 Å². The molecule has 3 heterocycles. The highest BCUT2D eigenvalue weighted by Crippen LogP contribution is 2.34. The molecule has 0 radical (unpaired) electrons. The van der Waals surface area contributed by atoms with Crippen LogP contribution in [0.15, 0.2) is 54.0 Å². The van der Waals surface area contributed by atoms with Crippen molar-refractivity contribution in [1.82, 2.24) is 15.1 Å². The first kappa shape index (κ1) is 21.3. The van der Waals surface area contributed by atoms with Crippen molar-refractivity contribution >= 4 is 11.5 Å². The lowest BCUT2D eigenvalue weighted by molar-refractivity contribution is -0.122. The summed E-state index contributed by atoms with van der Waals surface area (Å²) in [6.45, 7) is 6.69. The molecule has 1 aromatic rings. The van der Waals surface area contributed by atoms with Crippen LogP contribution < -0.4 is 10.1 Å². The normalized spacial score (nSPS) is 24.0. The first-order chi connectivity index (χ1) is 14.9. The van der Waals surface area contributed by atoms with Crippen molar-refractivity contribution in [3.63, 3.8) is 0 Å². The molecule has 31 heavy (non-hydrogen) atoms. The number of carbonyl (C=O) groups excluding carboxylic acids is 1. The van der Waals surface area contributed by atoms with Gasteiger partial charge in [-0.25, -0.2) is 8.78 Å². The Morgan fingerprint density at radius 3 is 2.52 bits per heavy atom. The van der Waals surface area contributed by atoms with Gasteiger partial charge in [0.05, 0.1) is 12.8 Å². The van der Waals surface area contributed by atoms with Crippen molar-refractivity contribution in [2.75, 3.05) is 26.7 Å². The van der Waals surface area contributed by atoms with Crippen LogP contribution in [-0.4, -0.2) is 48.5 Å². The summed E-state index contributed by atoms with van der Waals surface area (Å²) < 4.78 is 33.4. The predicted octanol–water partition coefficient (Wildman–Crippen LogP) is 3.81. The maximum Gasteiger partial charge on any atom is 0.255 e. The monoisotopic (exact) mass is 427 g/mol. The molecule has 164 valence electrons. The number of hydrogen-bond acceptors (Lipinski definition) is 4. The van der Waals surface area contributed by atoms with Crippen molar-refractivity contribution in [3.05, 3.63) is 71.2 Å². The summed E-state index contributed by atoms with van der Waals surface area (Å²) in [5, 5.41) is 3.42. The number of carbonyl (C=O) groups is 1. The van der Waals surface area contributed by atoms with Crippen LogP contribution >= 0.6 is 0 Å². The molecule has 1 aromatic carbocycles. The molecule has 0 aromatic heterocycles. The minimum atomic E-state index is -0.785. The van der Waals surface area contributed by atoms with Gasteiger partial charge in [0.2, 0.25) is 0 Å². The van der Waals surface area contributed by atoms with Crippen molar-refractivity contribution in [2.45, 2.75) is 26.3 Å². The Morgan fingerprint density at radius 1 is 1.13 bits per heavy atom. The molecule has 1 N–H and O–H groups in total. The summed E-state index contributed by atoms with van der Waals surface area (Å²) in [6.07, 6.45) is 9.98. The average molecular weight is 427 g/mol. The number of hydrogen-bond donors (Lipinski definition) is 1. The predicted molar refractivity (Wildman–Crippen MR) is 116 cm³/mol. The highest BCUT2D eigenvalue weighted by molar-refractivity contribution is 5.98. The highest BCUT2D eigenvalue weighted by atomic mass is 19.1. The Hall–Kier alpha value is -2.93. The van der Waals surface area contributed by atoms with Crippen LogP contribution in [-0.2, 0) is 4.79 Å². The molecule has 0 saturated carbocycles. The number of piperazine rings is 1. The highest BCUT2D eigenvalue weighted by Gasteiger charge is 2.26. The van der Waals surface area contributed by atoms with E-state index in [1.807, 2.05) is 31.4 Å². The lowest BCUT2D eigenvalue weighted by atomic mass is 9.89. The molecule has 1 fully saturated rings. The second-order valence-corrected chi connectivity index (χ2v) is 8.24. The van der Waals surface area contributed by atoms with Gasteiger partial charge in [-0.05, 0) is 54.7 Å². The van der Waals surface area contributed by atoms with E-state index in [-0.39, 0.29) is 11.8 Å². The van der Waals surface area contributed by atoms with Gasteiger partial charge in [-0.1, -0.05) is 13.0 Å². The summed E-state index contributed by atoms with van der Waals surface area (Å²) in [4.78, 5) is 17.1. The average Bonchev–Trinajstić information content (AvgIpc) is 2.74. The van der Waals surface area contributed by atoms with Gasteiger partial charge in [0, 0.05) is 43.6 Å². The van der Waals surface area contributed by atoms with Gasteiger partial charge in [0.1, 0.15) is 0 Å². The Labute approximate surface area is 181 Å². The second-order valence-electron chi connectivity index (χ2n) is 8.24. The van der Waals surface area contributed by atoms with Crippen LogP contribution in [0.3, 0.4) is 0 Å². The molecule has 3 aliphatic heterocycles. The molecule has 0 aliphatic carbocycles. The molecule has 4 rings (SSSR count). The zero-order valence-electron chi connectivity index (χ0n) is 18.0. The fourth-order valence-corrected chi connectivity index (χ4v) is 4.27. The zero-order valence-corrected chi connectivity index (χ0v) is 18.0. The number of rotatable bonds is 3. The Bertz CT molecular complexity index is 989. The maximum absolute atomic E-state index is 14.3. The standard InChI is InChI=1S/C24H27F2N3O2/c1-15-4-5-18-6-7-19(28-9-8-27-16(2)13-28)14-29(18)23(30)12-20(15)17-10-21(25)24(31-3)22(26)11-17/h5-7,10-12,14-16,27H,4,8-9,13H2,1-3H3. The number of amides is 1. The van der Waals surface area contributed by atoms with Crippen LogP contribution in [0.5, 0.6) is 5.75 Å². The third-order valence-electron chi connectivity index (χ3n) is 5.96. The molecule has 0 spiro atoms. The van der Waals surface area contributed by atoms with Crippen LogP contribution in [0.25, 0.3) is 5.57 Å². The third-order valence-corrected chi connectivity index (χ3v) is 5.96. The first-order valence-electron chi connectivity index (χ1n) is 10.5. The molecule has 2 unspecified atom stereocenters. The van der Waals surface area contributed by atoms with Crippen LogP contribution in [0, 0.1) is 17.6 Å². The van der Waals surface area contributed by atoms with E-state index in [1.54, 1.807) is 4.90 Å². The molecule has 1 amide bonds. The lowest BCUT2D eigenvalue weighted by Crippen LogP contribution is -2.48. The number of nitrogens with one attached hydrogen (secondary N) is 1. The van der Waals surface area contributed by atoms with Crippen molar-refractivity contribution in [3.8, 4) is 5.75 Å². The van der Waals surface area contributed by atoms with Gasteiger partial charge in [-0.15, -0.1) is 0 Å². The van der Waals surface area contributed by atoms with Crippen LogP contribution in [0.1, 0.15) is 25.8 Å². The minimum Gasteiger partial charge on any atom is -0.491 e. The Morgan fingerprint density at radius 2 is 1.84 bits per heavy atom. The van der Waals surface area contributed by atoms with Gasteiger partial charge < -0.3 is 15.0 Å². The summed E-state index contributed by atoms with van der Waals surface area (Å²) >= 11 is 0. The summed E-state index contributed by atoms with van der Waals surface area (Å²) in [5.41, 5.74) is 2.73. The van der Waals surface area contributed by atoms with Gasteiger partial charge in [0.15, 0.2) is 17.4 Å². The van der Waals surface area contributed by atoms with Crippen molar-refractivity contribution < 1.29 is 18.3 Å². The number of methoxy groups -OCH3 is 1. The number of fused-ring (bicyclic) bond motifs is 1. The largest absolute Gasteiger partial charge is 0.491 e. The van der Waals surface area contributed by atoms with E-state index >= 15 is 0 Å². The SMILES string of the molecule is COc1c(F)cc(C2=CC(=O)N3C=C(N4CCNC(C)C4)C=CC3=CCC2C)cc1F. The zero-order chi connectivity index (χ0) is 22.1. The number of nitrogens with zero attached hydrogens (tertiary/aromatic N) is 2. The van der Waals surface area contributed by atoms with Gasteiger partial charge in [-0.2, -0.15) is 0 Å². The van der Waals surface area contributed by atoms with Crippen molar-refractivity contribution in [2.24, 2.45) is 5.92 Å². The topological polar surface area (TPSA) is 44.8 Å². The molecule has 1 saturated heterocycles. The number of benzene rings is 1. The summed E-state index contributed by atoms with van der Waals surface area (Å²) in [5.74, 6) is -2.32. The minimum absolute atomic E-state index is 0.0846. The lowest BCUT2D eigenvalue weighted by Gasteiger charge is -2.36. The maximum atomic E-state index is 14.3. The van der Waals surface area contributed by atoms with E-state index < -0.39 is 17.4 Å². The van der Waals surface area contributed by atoms with E-state index in [1.165, 1.54) is 25.3 Å². The Kier molecular flexibility index (Phi) is 5.96. The van der Waals surface area contributed by atoms with Gasteiger partial charge >= 0.3 is 0 Å². The Balaban J connectivity index is 1.67. The van der Waals surface area contributed by atoms with Gasteiger partial charge in [0.25, 0.3) is 5.91 Å². The van der Waals surface area contributed by atoms with E-state index in [2.05, 4.69) is 17.1 Å². The molecule has 0 bridgehead atoms. The van der Waals surface area contributed by atoms with Crippen LogP contribution in [0.4, 0.5) is 8.78 Å². The molecule has 3 aliphatic rings. The molecule has 2 atom stereocenters. The quantitative estimate of drug-likeness (QED) is 0.797. The van der Waals surface area contributed by atoms with E-state index in [0.29, 0.717) is 23.6 Å². The van der Waals surface area contributed by atoms with Crippen molar-refractivity contribution in [1.29, 1.82) is 0 Å². The molecule has 5 nitrogen and oxygen atoms in total. The van der Waals surface area contributed by atoms with E-state index in [4.69, 9.17) is 4.74 Å². The molecular weight excluding hydrogens is 400 g/mol. The summed E-state index contributed by atoms with van der Waals surface area (Å²) in [6, 6.07) is 2.82. The molecular formula is C24H27F2N3O2. The van der Waals surface area contributed by atoms with E-state index in [0.717, 1.165) is 31.0 Å². The first-order valence-corrected chi connectivity index (χ1v) is 10.5. The number of allylic oxidation sites excluding steroid dienone is 4. The second kappa shape index (κ2) is 8.67. The fraction of sp³-hybridized carbons (Fsp3) is 0.375. The number of halogens is 2. The third kappa shape index (κ3) is 4.28. The van der Waals surface area contributed by atoms with E-state index in [9.17, 15) is 13.6 Å². The van der Waals surface area contributed by atoms with Crippen LogP contribution in [0.2, 0.25) is 0 Å². The summed E-state index contributed by atoms with van der Waals surface area (Å²) in [7, 11) is 1.22.